The molecule has 45 heavy (non-hydrogen) atoms. The monoisotopic (exact) mass is 664 g/mol. The molecule has 5 fully saturated rings. The Hall–Kier alpha value is -0.750. The molecule has 0 bridgehead atoms. The zero-order valence-electron chi connectivity index (χ0n) is 26.4. The first kappa shape index (κ1) is 35.6. The predicted octanol–water partition coefficient (Wildman–Crippen LogP) is 0.145. The van der Waals surface area contributed by atoms with E-state index in [0.717, 1.165) is 0 Å². The minimum Gasteiger partial charge on any atom is -0.394 e. The van der Waals surface area contributed by atoms with Crippen molar-refractivity contribution in [1.82, 2.24) is 0 Å². The smallest absolute Gasteiger partial charge is 0.394 e. The molecule has 0 aromatic heterocycles. The Morgan fingerprint density at radius 2 is 1.64 bits per heavy atom. The fourth-order valence-corrected chi connectivity index (χ4v) is 10.8. The van der Waals surface area contributed by atoms with Gasteiger partial charge in [0, 0.05) is 5.92 Å². The molecule has 0 aromatic carbocycles. The highest BCUT2D eigenvalue weighted by Crippen LogP contribution is 2.70. The highest BCUT2D eigenvalue weighted by molar-refractivity contribution is 7.80. The van der Waals surface area contributed by atoms with Gasteiger partial charge in [-0.25, -0.2) is 4.18 Å². The fraction of sp³-hybridized carbons (Fsp3) is 0.935. The number of rotatable bonds is 9. The third-order valence-electron chi connectivity index (χ3n) is 12.5. The topological polar surface area (TPSA) is 224 Å². The number of hydrogen-bond donors (Lipinski definition) is 8. The van der Waals surface area contributed by atoms with E-state index in [9.17, 15) is 48.7 Å². The lowest BCUT2D eigenvalue weighted by Crippen LogP contribution is -2.75. The molecule has 5 aliphatic rings. The van der Waals surface area contributed by atoms with Crippen LogP contribution in [0, 0.1) is 46.3 Å². The molecule has 4 saturated carbocycles. The summed E-state index contributed by atoms with van der Waals surface area (Å²) >= 11 is 0. The summed E-state index contributed by atoms with van der Waals surface area (Å²) in [5.74, 6) is -2.21. The van der Waals surface area contributed by atoms with Crippen molar-refractivity contribution in [2.75, 3.05) is 13.2 Å². The molecule has 1 saturated heterocycles. The number of fused-ring (bicyclic) bond motifs is 5. The van der Waals surface area contributed by atoms with Gasteiger partial charge in [-0.1, -0.05) is 39.8 Å². The van der Waals surface area contributed by atoms with Crippen molar-refractivity contribution in [3.8, 4) is 0 Å². The molecule has 17 unspecified atom stereocenters. The number of hydrogen-bond acceptors (Lipinski definition) is 12. The van der Waals surface area contributed by atoms with Crippen LogP contribution in [0.25, 0.3) is 0 Å². The lowest BCUT2D eigenvalue weighted by Gasteiger charge is -2.67. The molecular formula is C31H52O13S. The van der Waals surface area contributed by atoms with Crippen molar-refractivity contribution in [3.05, 3.63) is 12.2 Å². The summed E-state index contributed by atoms with van der Waals surface area (Å²) in [6, 6.07) is 0. The van der Waals surface area contributed by atoms with Gasteiger partial charge in [0.25, 0.3) is 0 Å². The summed E-state index contributed by atoms with van der Waals surface area (Å²) in [6.07, 6.45) is -2.86. The van der Waals surface area contributed by atoms with Gasteiger partial charge in [0.15, 0.2) is 6.29 Å². The first-order valence-electron chi connectivity index (χ1n) is 16.2. The molecule has 1 aliphatic heterocycles. The molecule has 0 spiro atoms. The molecule has 13 nitrogen and oxygen atoms in total. The highest BCUT2D eigenvalue weighted by Gasteiger charge is 2.74. The van der Waals surface area contributed by atoms with Gasteiger partial charge in [0.1, 0.15) is 36.1 Å². The summed E-state index contributed by atoms with van der Waals surface area (Å²) in [5, 5.41) is 75.9. The lowest BCUT2D eigenvalue weighted by molar-refractivity contribution is -0.305. The Morgan fingerprint density at radius 1 is 0.978 bits per heavy atom. The Kier molecular flexibility index (Phi) is 9.96. The van der Waals surface area contributed by atoms with Gasteiger partial charge in [-0.2, -0.15) is 8.42 Å². The van der Waals surface area contributed by atoms with Crippen LogP contribution in [-0.2, 0) is 24.1 Å². The van der Waals surface area contributed by atoms with Crippen LogP contribution in [0.4, 0.5) is 0 Å². The molecule has 8 N–H and O–H groups in total. The largest absolute Gasteiger partial charge is 0.397 e. The van der Waals surface area contributed by atoms with Crippen molar-refractivity contribution in [3.63, 3.8) is 0 Å². The Labute approximate surface area is 265 Å². The molecule has 0 radical (unpaired) electrons. The summed E-state index contributed by atoms with van der Waals surface area (Å²) in [5.41, 5.74) is -3.26. The van der Waals surface area contributed by atoms with Gasteiger partial charge >= 0.3 is 10.4 Å². The molecule has 4 aliphatic carbocycles. The maximum absolute atomic E-state index is 12.6. The second kappa shape index (κ2) is 12.6. The Bertz CT molecular complexity index is 1200. The highest BCUT2D eigenvalue weighted by atomic mass is 32.3. The molecule has 1 heterocycles. The minimum absolute atomic E-state index is 0.0649. The minimum atomic E-state index is -5.01. The van der Waals surface area contributed by atoms with E-state index in [1.54, 1.807) is 0 Å². The summed E-state index contributed by atoms with van der Waals surface area (Å²) in [4.78, 5) is 0. The molecule has 260 valence electrons. The second-order valence-electron chi connectivity index (χ2n) is 15.1. The van der Waals surface area contributed by atoms with Gasteiger partial charge in [-0.15, -0.1) is 0 Å². The molecule has 0 aromatic rings. The van der Waals surface area contributed by atoms with Crippen molar-refractivity contribution in [1.29, 1.82) is 0 Å². The number of aliphatic hydroxyl groups excluding tert-OH is 6. The number of ether oxygens (including phenoxy) is 2. The first-order valence-corrected chi connectivity index (χ1v) is 17.6. The van der Waals surface area contributed by atoms with Crippen molar-refractivity contribution < 1.29 is 62.4 Å². The van der Waals surface area contributed by atoms with E-state index in [-0.39, 0.29) is 30.8 Å². The number of allylic oxidation sites excluding steroid dienone is 1. The molecule has 14 heteroatoms. The van der Waals surface area contributed by atoms with E-state index in [0.29, 0.717) is 32.1 Å². The van der Waals surface area contributed by atoms with Crippen LogP contribution < -0.4 is 0 Å². The zero-order valence-corrected chi connectivity index (χ0v) is 27.2. The zero-order chi connectivity index (χ0) is 33.3. The average Bonchev–Trinajstić information content (AvgIpc) is 3.40. The normalized spacial score (nSPS) is 51.5. The van der Waals surface area contributed by atoms with E-state index in [2.05, 4.69) is 0 Å². The quantitative estimate of drug-likeness (QED) is 0.122. The molecule has 5 rings (SSSR count). The van der Waals surface area contributed by atoms with Gasteiger partial charge in [-0.05, 0) is 78.9 Å². The first-order chi connectivity index (χ1) is 20.9. The third-order valence-corrected chi connectivity index (χ3v) is 12.9. The SMILES string of the molecule is CC(C=CC(C)C1CC(O)C2C1(C)CCC1C3(C)CCC(O)CC3C(OS(=O)(=O)O)C(O)C12O)COC1OC(CO)C(O)C1O. The van der Waals surface area contributed by atoms with E-state index in [4.69, 9.17) is 13.7 Å². The van der Waals surface area contributed by atoms with Crippen molar-refractivity contribution in [2.24, 2.45) is 46.3 Å². The third kappa shape index (κ3) is 6.05. The Morgan fingerprint density at radius 3 is 2.27 bits per heavy atom. The fourth-order valence-electron chi connectivity index (χ4n) is 10.3. The van der Waals surface area contributed by atoms with Crippen LogP contribution in [0.5, 0.6) is 0 Å². The van der Waals surface area contributed by atoms with Crippen molar-refractivity contribution in [2.45, 2.75) is 121 Å². The van der Waals surface area contributed by atoms with Crippen LogP contribution in [-0.4, -0.2) is 117 Å². The van der Waals surface area contributed by atoms with E-state index >= 15 is 0 Å². The maximum atomic E-state index is 12.6. The summed E-state index contributed by atoms with van der Waals surface area (Å²) in [6.45, 7) is 7.62. The second-order valence-corrected chi connectivity index (χ2v) is 16.2. The van der Waals surface area contributed by atoms with E-state index in [1.165, 1.54) is 0 Å². The van der Waals surface area contributed by atoms with E-state index < -0.39 is 100 Å². The van der Waals surface area contributed by atoms with Gasteiger partial charge in [-0.3, -0.25) is 4.55 Å². The van der Waals surface area contributed by atoms with Crippen LogP contribution in [0.15, 0.2) is 12.2 Å². The average molecular weight is 665 g/mol. The van der Waals surface area contributed by atoms with Gasteiger partial charge < -0.3 is 45.2 Å². The molecule has 17 atom stereocenters. The summed E-state index contributed by atoms with van der Waals surface area (Å²) < 4.78 is 49.7. The predicted molar refractivity (Wildman–Crippen MR) is 158 cm³/mol. The molecule has 0 amide bonds. The maximum Gasteiger partial charge on any atom is 0.397 e. The van der Waals surface area contributed by atoms with Crippen molar-refractivity contribution >= 4 is 10.4 Å². The van der Waals surface area contributed by atoms with Gasteiger partial charge in [0.2, 0.25) is 0 Å². The van der Waals surface area contributed by atoms with Gasteiger partial charge in [0.05, 0.1) is 25.4 Å². The van der Waals surface area contributed by atoms with Crippen LogP contribution in [0.1, 0.15) is 66.2 Å². The van der Waals surface area contributed by atoms with Crippen LogP contribution >= 0.6 is 0 Å². The standard InChI is InChI=1S/C31H52O13S/c1-15(14-42-28-24(36)23(35)21(13-32)43-28)5-6-16(2)18-12-20(34)26-30(18,4)10-8-22-29(3)9-7-17(33)11-19(29)25(44-45(39,40)41)27(37)31(22,26)38/h5-6,15-28,32-38H,7-14H2,1-4H3,(H,39,40,41). The Balaban J connectivity index is 1.35. The summed E-state index contributed by atoms with van der Waals surface area (Å²) in [7, 11) is -5.01. The lowest BCUT2D eigenvalue weighted by atomic mass is 9.41. The van der Waals surface area contributed by atoms with E-state index in [1.807, 2.05) is 39.8 Å². The number of aliphatic hydroxyl groups is 7. The van der Waals surface area contributed by atoms with Crippen LogP contribution in [0.2, 0.25) is 0 Å². The van der Waals surface area contributed by atoms with Crippen LogP contribution in [0.3, 0.4) is 0 Å². The molecular weight excluding hydrogens is 612 g/mol.